The first-order valence-electron chi connectivity index (χ1n) is 9.29. The van der Waals surface area contributed by atoms with Crippen LogP contribution in [-0.4, -0.2) is 20.9 Å². The molecule has 2 aromatic carbocycles. The molecule has 0 saturated heterocycles. The molecule has 0 aliphatic rings. The zero-order valence-electron chi connectivity index (χ0n) is 16.0. The van der Waals surface area contributed by atoms with E-state index in [4.69, 9.17) is 5.73 Å². The van der Waals surface area contributed by atoms with Gasteiger partial charge in [0, 0.05) is 11.4 Å². The number of aryl methyl sites for hydroxylation is 3. The lowest BCUT2D eigenvalue weighted by Crippen LogP contribution is -2.13. The Labute approximate surface area is 173 Å². The minimum absolute atomic E-state index is 0.259. The Morgan fingerprint density at radius 3 is 2.86 bits per heavy atom. The average Bonchev–Trinajstić information content (AvgIpc) is 3.40. The third-order valence-corrected chi connectivity index (χ3v) is 5.51. The topological polar surface area (TPSA) is 85.8 Å². The third-order valence-electron chi connectivity index (χ3n) is 4.59. The lowest BCUT2D eigenvalue weighted by atomic mass is 10.1. The summed E-state index contributed by atoms with van der Waals surface area (Å²) in [7, 11) is 0. The number of anilines is 2. The number of amides is 1. The Balaban J connectivity index is 1.43. The van der Waals surface area contributed by atoms with Crippen LogP contribution in [0.2, 0.25) is 0 Å². The molecule has 3 N–H and O–H groups in total. The standard InChI is InChI=1S/C22H21N5OS/c1-15-4-2-5-16(12-15)9-10-27-14-20(25-26-27)22(28)24-19-13-17(7-8-18(19)23)21-6-3-11-29-21/h2-8,11-14H,9-10,23H2,1H3,(H,24,28). The van der Waals surface area contributed by atoms with Gasteiger partial charge in [-0.05, 0) is 48.1 Å². The zero-order chi connectivity index (χ0) is 20.2. The number of benzene rings is 2. The van der Waals surface area contributed by atoms with E-state index in [0.29, 0.717) is 17.9 Å². The molecular weight excluding hydrogens is 382 g/mol. The molecule has 0 fully saturated rings. The number of rotatable bonds is 6. The monoisotopic (exact) mass is 403 g/mol. The molecule has 0 radical (unpaired) electrons. The number of aromatic nitrogens is 3. The van der Waals surface area contributed by atoms with Gasteiger partial charge in [0.05, 0.1) is 17.6 Å². The normalized spacial score (nSPS) is 10.8. The van der Waals surface area contributed by atoms with Crippen molar-refractivity contribution in [3.05, 3.63) is 83.0 Å². The van der Waals surface area contributed by atoms with Gasteiger partial charge in [-0.2, -0.15) is 0 Å². The second kappa shape index (κ2) is 8.28. The lowest BCUT2D eigenvalue weighted by Gasteiger charge is -2.08. The summed E-state index contributed by atoms with van der Waals surface area (Å²) in [6.45, 7) is 2.72. The molecule has 146 valence electrons. The highest BCUT2D eigenvalue weighted by Gasteiger charge is 2.13. The fraction of sp³-hybridized carbons (Fsp3) is 0.136. The first-order valence-corrected chi connectivity index (χ1v) is 10.2. The van der Waals surface area contributed by atoms with E-state index in [9.17, 15) is 4.79 Å². The molecule has 4 aromatic rings. The van der Waals surface area contributed by atoms with Crippen molar-refractivity contribution in [2.45, 2.75) is 19.9 Å². The molecule has 0 spiro atoms. The van der Waals surface area contributed by atoms with Crippen LogP contribution in [0.5, 0.6) is 0 Å². The second-order valence-electron chi connectivity index (χ2n) is 6.84. The van der Waals surface area contributed by atoms with Crippen LogP contribution in [0.1, 0.15) is 21.6 Å². The highest BCUT2D eigenvalue weighted by atomic mass is 32.1. The van der Waals surface area contributed by atoms with Crippen LogP contribution in [0.15, 0.2) is 66.2 Å². The molecule has 1 amide bonds. The number of nitrogens with zero attached hydrogens (tertiary/aromatic N) is 3. The average molecular weight is 404 g/mol. The molecule has 0 aliphatic heterocycles. The van der Waals surface area contributed by atoms with Gasteiger partial charge in [0.25, 0.3) is 5.91 Å². The summed E-state index contributed by atoms with van der Waals surface area (Å²) in [4.78, 5) is 13.7. The molecule has 2 aromatic heterocycles. The van der Waals surface area contributed by atoms with Gasteiger partial charge in [-0.15, -0.1) is 16.4 Å². The fourth-order valence-corrected chi connectivity index (χ4v) is 3.79. The molecule has 29 heavy (non-hydrogen) atoms. The first kappa shape index (κ1) is 18.9. The molecular formula is C22H21N5OS. The van der Waals surface area contributed by atoms with Crippen LogP contribution >= 0.6 is 11.3 Å². The number of hydrogen-bond donors (Lipinski definition) is 2. The quantitative estimate of drug-likeness (QED) is 0.468. The molecule has 0 atom stereocenters. The van der Waals surface area contributed by atoms with E-state index in [0.717, 1.165) is 16.9 Å². The van der Waals surface area contributed by atoms with Gasteiger partial charge in [0.1, 0.15) is 0 Å². The maximum absolute atomic E-state index is 12.6. The van der Waals surface area contributed by atoms with E-state index < -0.39 is 0 Å². The van der Waals surface area contributed by atoms with Crippen LogP contribution in [0, 0.1) is 6.92 Å². The van der Waals surface area contributed by atoms with Crippen molar-refractivity contribution in [3.63, 3.8) is 0 Å². The van der Waals surface area contributed by atoms with Gasteiger partial charge in [-0.3, -0.25) is 9.48 Å². The summed E-state index contributed by atoms with van der Waals surface area (Å²) in [5.74, 6) is -0.332. The summed E-state index contributed by atoms with van der Waals surface area (Å²) in [6.07, 6.45) is 2.48. The minimum Gasteiger partial charge on any atom is -0.397 e. The highest BCUT2D eigenvalue weighted by Crippen LogP contribution is 2.30. The van der Waals surface area contributed by atoms with Crippen molar-refractivity contribution < 1.29 is 4.79 Å². The van der Waals surface area contributed by atoms with Crippen LogP contribution in [0.3, 0.4) is 0 Å². The van der Waals surface area contributed by atoms with Crippen LogP contribution in [0.4, 0.5) is 11.4 Å². The van der Waals surface area contributed by atoms with Gasteiger partial charge in [0.2, 0.25) is 0 Å². The summed E-state index contributed by atoms with van der Waals surface area (Å²) >= 11 is 1.63. The molecule has 0 saturated carbocycles. The number of thiophene rings is 1. The van der Waals surface area contributed by atoms with Gasteiger partial charge < -0.3 is 11.1 Å². The van der Waals surface area contributed by atoms with E-state index in [2.05, 4.69) is 40.8 Å². The summed E-state index contributed by atoms with van der Waals surface area (Å²) in [6, 6.07) is 18.0. The van der Waals surface area contributed by atoms with Crippen LogP contribution in [0.25, 0.3) is 10.4 Å². The SMILES string of the molecule is Cc1cccc(CCn2cc(C(=O)Nc3cc(-c4cccs4)ccc3N)nn2)c1. The van der Waals surface area contributed by atoms with Crippen molar-refractivity contribution in [2.75, 3.05) is 11.1 Å². The minimum atomic E-state index is -0.332. The van der Waals surface area contributed by atoms with E-state index in [1.54, 1.807) is 28.3 Å². The van der Waals surface area contributed by atoms with Gasteiger partial charge in [-0.1, -0.05) is 47.2 Å². The van der Waals surface area contributed by atoms with Crippen molar-refractivity contribution in [1.29, 1.82) is 0 Å². The Bertz CT molecular complexity index is 1130. The number of nitrogen functional groups attached to an aromatic ring is 1. The van der Waals surface area contributed by atoms with Crippen molar-refractivity contribution in [3.8, 4) is 10.4 Å². The van der Waals surface area contributed by atoms with E-state index in [1.165, 1.54) is 11.1 Å². The van der Waals surface area contributed by atoms with Gasteiger partial charge in [0.15, 0.2) is 5.69 Å². The number of nitrogens with two attached hydrogens (primary N) is 1. The molecule has 6 nitrogen and oxygen atoms in total. The molecule has 0 bridgehead atoms. The number of carbonyl (C=O) groups excluding carboxylic acids is 1. The van der Waals surface area contributed by atoms with Crippen molar-refractivity contribution in [1.82, 2.24) is 15.0 Å². The van der Waals surface area contributed by atoms with Crippen LogP contribution < -0.4 is 11.1 Å². The number of carbonyl (C=O) groups is 1. The smallest absolute Gasteiger partial charge is 0.277 e. The Hall–Kier alpha value is -3.45. The maximum atomic E-state index is 12.6. The molecule has 0 unspecified atom stereocenters. The van der Waals surface area contributed by atoms with E-state index in [-0.39, 0.29) is 11.6 Å². The Kier molecular flexibility index (Phi) is 5.39. The highest BCUT2D eigenvalue weighted by molar-refractivity contribution is 7.13. The lowest BCUT2D eigenvalue weighted by molar-refractivity contribution is 0.102. The first-order chi connectivity index (χ1) is 14.1. The summed E-state index contributed by atoms with van der Waals surface area (Å²) < 4.78 is 1.68. The molecule has 0 aliphatic carbocycles. The molecule has 7 heteroatoms. The fourth-order valence-electron chi connectivity index (χ4n) is 3.07. The largest absolute Gasteiger partial charge is 0.397 e. The number of hydrogen-bond acceptors (Lipinski definition) is 5. The number of nitrogens with one attached hydrogen (secondary N) is 1. The second-order valence-corrected chi connectivity index (χ2v) is 7.79. The third kappa shape index (κ3) is 4.52. The van der Waals surface area contributed by atoms with Crippen LogP contribution in [-0.2, 0) is 13.0 Å². The zero-order valence-corrected chi connectivity index (χ0v) is 16.8. The predicted molar refractivity (Wildman–Crippen MR) is 117 cm³/mol. The summed E-state index contributed by atoms with van der Waals surface area (Å²) in [5, 5.41) is 12.9. The van der Waals surface area contributed by atoms with Crippen molar-refractivity contribution >= 4 is 28.6 Å². The maximum Gasteiger partial charge on any atom is 0.277 e. The van der Waals surface area contributed by atoms with E-state index in [1.807, 2.05) is 35.7 Å². The molecule has 4 rings (SSSR count). The Morgan fingerprint density at radius 1 is 1.17 bits per heavy atom. The van der Waals surface area contributed by atoms with Gasteiger partial charge in [-0.25, -0.2) is 0 Å². The molecule has 2 heterocycles. The van der Waals surface area contributed by atoms with Gasteiger partial charge >= 0.3 is 0 Å². The van der Waals surface area contributed by atoms with Crippen molar-refractivity contribution in [2.24, 2.45) is 0 Å². The predicted octanol–water partition coefficient (Wildman–Crippen LogP) is 4.39. The summed E-state index contributed by atoms with van der Waals surface area (Å²) in [5.41, 5.74) is 10.8. The Morgan fingerprint density at radius 2 is 2.07 bits per heavy atom. The van der Waals surface area contributed by atoms with E-state index >= 15 is 0 Å².